The SMILES string of the molecule is CN1CC[C@@H](CNc2nc3cc(F)ccc3o2)[C@@H]1c1cccnc1. The third kappa shape index (κ3) is 2.85. The molecule has 0 bridgehead atoms. The fraction of sp³-hybridized carbons (Fsp3) is 0.333. The van der Waals surface area contributed by atoms with Crippen molar-refractivity contribution in [3.63, 3.8) is 0 Å². The van der Waals surface area contributed by atoms with Crippen LogP contribution in [0.15, 0.2) is 47.1 Å². The lowest BCUT2D eigenvalue weighted by atomic mass is 9.95. The molecule has 3 aromatic rings. The maximum Gasteiger partial charge on any atom is 0.295 e. The molecule has 2 atom stereocenters. The molecule has 2 aromatic heterocycles. The first kappa shape index (κ1) is 15.1. The van der Waals surface area contributed by atoms with Gasteiger partial charge in [-0.15, -0.1) is 0 Å². The van der Waals surface area contributed by atoms with E-state index in [1.54, 1.807) is 12.3 Å². The standard InChI is InChI=1S/C18H19FN4O/c1-23-8-6-13(17(23)12-3-2-7-20-10-12)11-21-18-22-15-9-14(19)4-5-16(15)24-18/h2-5,7,9-10,13,17H,6,8,11H2,1H3,(H,21,22)/t13-,17-/m0/s1. The van der Waals surface area contributed by atoms with Crippen molar-refractivity contribution in [3.8, 4) is 0 Å². The van der Waals surface area contributed by atoms with Gasteiger partial charge in [-0.25, -0.2) is 4.39 Å². The summed E-state index contributed by atoms with van der Waals surface area (Å²) < 4.78 is 18.9. The maximum absolute atomic E-state index is 13.2. The predicted octanol–water partition coefficient (Wildman–Crippen LogP) is 3.47. The Kier molecular flexibility index (Phi) is 3.90. The summed E-state index contributed by atoms with van der Waals surface area (Å²) >= 11 is 0. The summed E-state index contributed by atoms with van der Waals surface area (Å²) in [5.41, 5.74) is 2.35. The second-order valence-electron chi connectivity index (χ2n) is 6.27. The van der Waals surface area contributed by atoms with Gasteiger partial charge in [-0.1, -0.05) is 6.07 Å². The third-order valence-electron chi connectivity index (χ3n) is 4.67. The average molecular weight is 326 g/mol. The zero-order chi connectivity index (χ0) is 16.5. The summed E-state index contributed by atoms with van der Waals surface area (Å²) in [5.74, 6) is 0.127. The highest BCUT2D eigenvalue weighted by molar-refractivity contribution is 5.74. The number of oxazole rings is 1. The number of nitrogens with zero attached hydrogens (tertiary/aromatic N) is 3. The lowest BCUT2D eigenvalue weighted by Gasteiger charge is -2.25. The summed E-state index contributed by atoms with van der Waals surface area (Å²) in [5, 5.41) is 3.27. The Balaban J connectivity index is 1.49. The van der Waals surface area contributed by atoms with Crippen LogP contribution >= 0.6 is 0 Å². The van der Waals surface area contributed by atoms with Gasteiger partial charge in [0.2, 0.25) is 0 Å². The van der Waals surface area contributed by atoms with Gasteiger partial charge in [-0.2, -0.15) is 4.98 Å². The molecule has 0 spiro atoms. The molecule has 1 aromatic carbocycles. The molecule has 124 valence electrons. The predicted molar refractivity (Wildman–Crippen MR) is 90.2 cm³/mol. The van der Waals surface area contributed by atoms with E-state index in [4.69, 9.17) is 4.42 Å². The van der Waals surface area contributed by atoms with Crippen LogP contribution in [-0.4, -0.2) is 35.0 Å². The van der Waals surface area contributed by atoms with Crippen LogP contribution in [0.3, 0.4) is 0 Å². The molecule has 0 aliphatic carbocycles. The fourth-order valence-electron chi connectivity index (χ4n) is 3.51. The van der Waals surface area contributed by atoms with Crippen LogP contribution in [0, 0.1) is 11.7 Å². The molecule has 1 N–H and O–H groups in total. The molecule has 1 aliphatic rings. The average Bonchev–Trinajstić information content (AvgIpc) is 3.16. The van der Waals surface area contributed by atoms with E-state index in [2.05, 4.69) is 33.3 Å². The summed E-state index contributed by atoms with van der Waals surface area (Å²) in [4.78, 5) is 10.9. The number of pyridine rings is 1. The van der Waals surface area contributed by atoms with E-state index >= 15 is 0 Å². The minimum atomic E-state index is -0.309. The molecular weight excluding hydrogens is 307 g/mol. The highest BCUT2D eigenvalue weighted by Gasteiger charge is 2.33. The van der Waals surface area contributed by atoms with E-state index in [9.17, 15) is 4.39 Å². The van der Waals surface area contributed by atoms with Gasteiger partial charge < -0.3 is 9.73 Å². The molecule has 24 heavy (non-hydrogen) atoms. The van der Waals surface area contributed by atoms with E-state index in [1.807, 2.05) is 12.3 Å². The molecule has 0 saturated carbocycles. The van der Waals surface area contributed by atoms with Crippen LogP contribution in [0.25, 0.3) is 11.1 Å². The van der Waals surface area contributed by atoms with Crippen LogP contribution < -0.4 is 5.32 Å². The summed E-state index contributed by atoms with van der Waals surface area (Å²) in [6.45, 7) is 1.80. The number of hydrogen-bond acceptors (Lipinski definition) is 5. The highest BCUT2D eigenvalue weighted by Crippen LogP contribution is 2.35. The van der Waals surface area contributed by atoms with Crippen molar-refractivity contribution in [1.29, 1.82) is 0 Å². The summed E-state index contributed by atoms with van der Waals surface area (Å²) in [7, 11) is 2.14. The Bertz CT molecular complexity index is 835. The van der Waals surface area contributed by atoms with E-state index in [-0.39, 0.29) is 5.82 Å². The van der Waals surface area contributed by atoms with Crippen LogP contribution in [-0.2, 0) is 0 Å². The highest BCUT2D eigenvalue weighted by atomic mass is 19.1. The van der Waals surface area contributed by atoms with E-state index in [0.717, 1.165) is 19.5 Å². The van der Waals surface area contributed by atoms with Crippen molar-refractivity contribution in [2.75, 3.05) is 25.5 Å². The number of hydrogen-bond donors (Lipinski definition) is 1. The van der Waals surface area contributed by atoms with Gasteiger partial charge >= 0.3 is 0 Å². The third-order valence-corrected chi connectivity index (χ3v) is 4.67. The second kappa shape index (κ2) is 6.20. The van der Waals surface area contributed by atoms with Gasteiger partial charge in [0.15, 0.2) is 5.58 Å². The van der Waals surface area contributed by atoms with E-state index in [0.29, 0.717) is 29.1 Å². The second-order valence-corrected chi connectivity index (χ2v) is 6.27. The monoisotopic (exact) mass is 326 g/mol. The Morgan fingerprint density at radius 1 is 1.38 bits per heavy atom. The van der Waals surface area contributed by atoms with Crippen molar-refractivity contribution in [3.05, 3.63) is 54.1 Å². The number of likely N-dealkylation sites (tertiary alicyclic amines) is 1. The summed E-state index contributed by atoms with van der Waals surface area (Å²) in [6.07, 6.45) is 4.82. The minimum Gasteiger partial charge on any atom is -0.424 e. The van der Waals surface area contributed by atoms with Crippen molar-refractivity contribution in [2.24, 2.45) is 5.92 Å². The maximum atomic E-state index is 13.2. The number of aromatic nitrogens is 2. The van der Waals surface area contributed by atoms with E-state index < -0.39 is 0 Å². The number of halogens is 1. The first-order valence-electron chi connectivity index (χ1n) is 8.11. The first-order chi connectivity index (χ1) is 11.7. The Morgan fingerprint density at radius 3 is 3.12 bits per heavy atom. The lowest BCUT2D eigenvalue weighted by molar-refractivity contribution is 0.281. The lowest BCUT2D eigenvalue weighted by Crippen LogP contribution is -2.25. The van der Waals surface area contributed by atoms with Gasteiger partial charge in [-0.05, 0) is 49.7 Å². The largest absolute Gasteiger partial charge is 0.424 e. The topological polar surface area (TPSA) is 54.2 Å². The molecule has 4 rings (SSSR count). The number of anilines is 1. The van der Waals surface area contributed by atoms with Gasteiger partial charge in [0.25, 0.3) is 6.01 Å². The van der Waals surface area contributed by atoms with Crippen molar-refractivity contribution < 1.29 is 8.81 Å². The number of rotatable bonds is 4. The summed E-state index contributed by atoms with van der Waals surface area (Å²) in [6, 6.07) is 9.22. The minimum absolute atomic E-state index is 0.309. The normalized spacial score (nSPS) is 21.4. The van der Waals surface area contributed by atoms with Crippen LogP contribution in [0.5, 0.6) is 0 Å². The molecule has 0 amide bonds. The molecular formula is C18H19FN4O. The first-order valence-corrected chi connectivity index (χ1v) is 8.11. The van der Waals surface area contributed by atoms with Crippen molar-refractivity contribution in [2.45, 2.75) is 12.5 Å². The molecule has 1 saturated heterocycles. The van der Waals surface area contributed by atoms with Crippen molar-refractivity contribution in [1.82, 2.24) is 14.9 Å². The Hall–Kier alpha value is -2.47. The number of fused-ring (bicyclic) bond motifs is 1. The number of benzene rings is 1. The molecule has 1 aliphatic heterocycles. The van der Waals surface area contributed by atoms with Crippen molar-refractivity contribution >= 4 is 17.1 Å². The Labute approximate surface area is 139 Å². The van der Waals surface area contributed by atoms with Gasteiger partial charge in [-0.3, -0.25) is 9.88 Å². The smallest absolute Gasteiger partial charge is 0.295 e. The Morgan fingerprint density at radius 2 is 2.29 bits per heavy atom. The number of nitrogens with one attached hydrogen (secondary N) is 1. The van der Waals surface area contributed by atoms with Gasteiger partial charge in [0.1, 0.15) is 11.3 Å². The van der Waals surface area contributed by atoms with Crippen LogP contribution in [0.2, 0.25) is 0 Å². The molecule has 0 unspecified atom stereocenters. The molecule has 3 heterocycles. The fourth-order valence-corrected chi connectivity index (χ4v) is 3.51. The van der Waals surface area contributed by atoms with Gasteiger partial charge in [0.05, 0.1) is 0 Å². The zero-order valence-electron chi connectivity index (χ0n) is 13.4. The quantitative estimate of drug-likeness (QED) is 0.795. The zero-order valence-corrected chi connectivity index (χ0v) is 13.4. The van der Waals surface area contributed by atoms with Gasteiger partial charge in [0, 0.05) is 31.0 Å². The molecule has 1 fully saturated rings. The molecule has 5 nitrogen and oxygen atoms in total. The van der Waals surface area contributed by atoms with E-state index in [1.165, 1.54) is 17.7 Å². The molecule has 0 radical (unpaired) electrons. The van der Waals surface area contributed by atoms with Crippen LogP contribution in [0.4, 0.5) is 10.4 Å². The molecule has 6 heteroatoms. The van der Waals surface area contributed by atoms with Crippen LogP contribution in [0.1, 0.15) is 18.0 Å².